The Morgan fingerprint density at radius 3 is 2.67 bits per heavy atom. The lowest BCUT2D eigenvalue weighted by Gasteiger charge is -2.48. The maximum Gasteiger partial charge on any atom is 0.126 e. The Labute approximate surface area is 108 Å². The minimum Gasteiger partial charge on any atom is -0.381 e. The molecule has 4 heteroatoms. The van der Waals surface area contributed by atoms with Crippen molar-refractivity contribution < 1.29 is 13.9 Å². The lowest BCUT2D eigenvalue weighted by atomic mass is 9.72. The van der Waals surface area contributed by atoms with Crippen molar-refractivity contribution in [3.63, 3.8) is 0 Å². The summed E-state index contributed by atoms with van der Waals surface area (Å²) in [5.74, 6) is 0.164. The molecule has 3 aliphatic heterocycles. The molecule has 3 heterocycles. The van der Waals surface area contributed by atoms with E-state index in [9.17, 15) is 0 Å². The van der Waals surface area contributed by atoms with E-state index in [0.717, 1.165) is 64.9 Å². The Bertz CT molecular complexity index is 267. The zero-order valence-corrected chi connectivity index (χ0v) is 11.0. The van der Waals surface area contributed by atoms with Gasteiger partial charge in [0.2, 0.25) is 0 Å². The number of hydrogen-bond donors (Lipinski definition) is 1. The van der Waals surface area contributed by atoms with Gasteiger partial charge in [0.05, 0.1) is 5.60 Å². The quantitative estimate of drug-likeness (QED) is 0.780. The summed E-state index contributed by atoms with van der Waals surface area (Å²) in [6.07, 6.45) is 5.32. The second kappa shape index (κ2) is 5.06. The Kier molecular flexibility index (Phi) is 3.61. The molecule has 0 radical (unpaired) electrons. The van der Waals surface area contributed by atoms with Gasteiger partial charge in [-0.1, -0.05) is 0 Å². The molecule has 2 atom stereocenters. The van der Waals surface area contributed by atoms with Gasteiger partial charge in [0.15, 0.2) is 0 Å². The second-order valence-corrected chi connectivity index (χ2v) is 6.15. The van der Waals surface area contributed by atoms with Gasteiger partial charge in [-0.3, -0.25) is 0 Å². The first kappa shape index (κ1) is 12.8. The fourth-order valence-corrected chi connectivity index (χ4v) is 3.80. The third-order valence-corrected chi connectivity index (χ3v) is 4.99. The summed E-state index contributed by atoms with van der Waals surface area (Å²) in [5.41, 5.74) is -1.09. The fraction of sp³-hybridized carbons (Fsp3) is 1.00. The smallest absolute Gasteiger partial charge is 0.126 e. The molecule has 0 aromatic rings. The summed E-state index contributed by atoms with van der Waals surface area (Å²) in [5, 5.41) is 3.22. The highest BCUT2D eigenvalue weighted by Crippen LogP contribution is 2.44. The van der Waals surface area contributed by atoms with E-state index in [1.807, 2.05) is 0 Å². The van der Waals surface area contributed by atoms with Crippen LogP contribution in [0.15, 0.2) is 0 Å². The Hall–Kier alpha value is -0.190. The Balaban J connectivity index is 1.69. The molecule has 0 aromatic carbocycles. The van der Waals surface area contributed by atoms with Crippen molar-refractivity contribution in [2.75, 3.05) is 32.9 Å². The first-order valence-electron chi connectivity index (χ1n) is 7.34. The topological polar surface area (TPSA) is 30.5 Å². The van der Waals surface area contributed by atoms with Crippen molar-refractivity contribution in [1.29, 1.82) is 0 Å². The molecule has 3 nitrogen and oxygen atoms in total. The van der Waals surface area contributed by atoms with E-state index in [4.69, 9.17) is 9.47 Å². The molecule has 0 aromatic heterocycles. The van der Waals surface area contributed by atoms with E-state index in [0.29, 0.717) is 6.54 Å². The summed E-state index contributed by atoms with van der Waals surface area (Å²) >= 11 is 0. The van der Waals surface area contributed by atoms with Crippen molar-refractivity contribution in [2.45, 2.75) is 49.8 Å². The van der Waals surface area contributed by atoms with E-state index in [1.54, 1.807) is 0 Å². The highest BCUT2D eigenvalue weighted by Gasteiger charge is 2.48. The molecule has 0 aliphatic carbocycles. The van der Waals surface area contributed by atoms with Gasteiger partial charge in [-0.05, 0) is 51.0 Å². The number of rotatable bonds is 1. The number of nitrogens with one attached hydrogen (secondary N) is 1. The van der Waals surface area contributed by atoms with Crippen LogP contribution < -0.4 is 5.32 Å². The van der Waals surface area contributed by atoms with Gasteiger partial charge in [-0.2, -0.15) is 0 Å². The maximum absolute atomic E-state index is 15.0. The van der Waals surface area contributed by atoms with Gasteiger partial charge in [-0.25, -0.2) is 4.39 Å². The third-order valence-electron chi connectivity index (χ3n) is 4.99. The second-order valence-electron chi connectivity index (χ2n) is 6.15. The van der Waals surface area contributed by atoms with Crippen LogP contribution in [0.2, 0.25) is 0 Å². The number of halogens is 1. The molecule has 0 saturated carbocycles. The van der Waals surface area contributed by atoms with Crippen LogP contribution in [0, 0.1) is 5.92 Å². The van der Waals surface area contributed by atoms with Crippen molar-refractivity contribution >= 4 is 0 Å². The van der Waals surface area contributed by atoms with Gasteiger partial charge in [0, 0.05) is 26.4 Å². The van der Waals surface area contributed by atoms with E-state index < -0.39 is 5.67 Å². The van der Waals surface area contributed by atoms with Gasteiger partial charge in [0.25, 0.3) is 0 Å². The number of hydrogen-bond acceptors (Lipinski definition) is 3. The standard InChI is InChI=1S/C14H24FNO2/c15-14(3-1-6-16-11-14)12-2-7-18-13(10-12)4-8-17-9-5-13/h12,16H,1-11H2. The minimum atomic E-state index is -1.01. The van der Waals surface area contributed by atoms with Crippen LogP contribution in [-0.2, 0) is 9.47 Å². The maximum atomic E-state index is 15.0. The van der Waals surface area contributed by atoms with E-state index in [-0.39, 0.29) is 11.5 Å². The molecule has 1 spiro atoms. The summed E-state index contributed by atoms with van der Waals surface area (Å²) < 4.78 is 26.5. The van der Waals surface area contributed by atoms with Crippen molar-refractivity contribution in [3.8, 4) is 0 Å². The highest BCUT2D eigenvalue weighted by molar-refractivity contribution is 4.99. The van der Waals surface area contributed by atoms with Crippen molar-refractivity contribution in [3.05, 3.63) is 0 Å². The predicted molar refractivity (Wildman–Crippen MR) is 67.4 cm³/mol. The van der Waals surface area contributed by atoms with Gasteiger partial charge >= 0.3 is 0 Å². The van der Waals surface area contributed by atoms with Gasteiger partial charge in [0.1, 0.15) is 5.67 Å². The molecule has 0 bridgehead atoms. The van der Waals surface area contributed by atoms with Crippen molar-refractivity contribution in [2.24, 2.45) is 5.92 Å². The van der Waals surface area contributed by atoms with Crippen LogP contribution in [0.5, 0.6) is 0 Å². The van der Waals surface area contributed by atoms with Gasteiger partial charge < -0.3 is 14.8 Å². The molecule has 18 heavy (non-hydrogen) atoms. The van der Waals surface area contributed by atoms with E-state index in [2.05, 4.69) is 5.32 Å². The molecule has 2 unspecified atom stereocenters. The number of alkyl halides is 1. The summed E-state index contributed by atoms with van der Waals surface area (Å²) in [6.45, 7) is 3.75. The van der Waals surface area contributed by atoms with Crippen molar-refractivity contribution in [1.82, 2.24) is 5.32 Å². The lowest BCUT2D eigenvalue weighted by Crippen LogP contribution is -2.54. The first-order valence-corrected chi connectivity index (χ1v) is 7.34. The average molecular weight is 257 g/mol. The highest BCUT2D eigenvalue weighted by atomic mass is 19.1. The predicted octanol–water partition coefficient (Wildman–Crippen LogP) is 2.05. The summed E-state index contributed by atoms with van der Waals surface area (Å²) in [7, 11) is 0. The van der Waals surface area contributed by atoms with E-state index >= 15 is 4.39 Å². The molecule has 1 N–H and O–H groups in total. The average Bonchev–Trinajstić information content (AvgIpc) is 2.41. The Morgan fingerprint density at radius 2 is 1.94 bits per heavy atom. The van der Waals surface area contributed by atoms with Crippen LogP contribution in [0.1, 0.15) is 38.5 Å². The molecule has 3 rings (SSSR count). The SMILES string of the molecule is FC1(C2CCOC3(CCOCC3)C2)CCCNC1. The largest absolute Gasteiger partial charge is 0.381 e. The van der Waals surface area contributed by atoms with E-state index in [1.165, 1.54) is 0 Å². The number of piperidine rings is 1. The number of ether oxygens (including phenoxy) is 2. The molecule has 104 valence electrons. The molecule has 3 saturated heterocycles. The zero-order valence-electron chi connectivity index (χ0n) is 11.0. The molecule has 0 amide bonds. The van der Waals surface area contributed by atoms with Crippen LogP contribution in [0.3, 0.4) is 0 Å². The fourth-order valence-electron chi connectivity index (χ4n) is 3.80. The molecular weight excluding hydrogens is 233 g/mol. The minimum absolute atomic E-state index is 0.0856. The first-order chi connectivity index (χ1) is 8.73. The zero-order chi connectivity index (χ0) is 12.5. The Morgan fingerprint density at radius 1 is 1.11 bits per heavy atom. The van der Waals surface area contributed by atoms with Crippen LogP contribution >= 0.6 is 0 Å². The normalized spacial score (nSPS) is 40.8. The van der Waals surface area contributed by atoms with Gasteiger partial charge in [-0.15, -0.1) is 0 Å². The summed E-state index contributed by atoms with van der Waals surface area (Å²) in [6, 6.07) is 0. The van der Waals surface area contributed by atoms with Crippen LogP contribution in [0.25, 0.3) is 0 Å². The summed E-state index contributed by atoms with van der Waals surface area (Å²) in [4.78, 5) is 0. The molecule has 3 aliphatic rings. The molecule has 3 fully saturated rings. The lowest BCUT2D eigenvalue weighted by molar-refractivity contribution is -0.165. The molecular formula is C14H24FNO2. The third kappa shape index (κ3) is 2.43. The van der Waals surface area contributed by atoms with Crippen LogP contribution in [0.4, 0.5) is 4.39 Å². The van der Waals surface area contributed by atoms with Crippen LogP contribution in [-0.4, -0.2) is 44.2 Å². The monoisotopic (exact) mass is 257 g/mol.